The molecule has 1 unspecified atom stereocenters. The zero-order chi connectivity index (χ0) is 25.0. The normalized spacial score (nSPS) is 19.3. The first kappa shape index (κ1) is 24.8. The smallest absolute Gasteiger partial charge is 0.311 e. The van der Waals surface area contributed by atoms with Gasteiger partial charge in [0.25, 0.3) is 0 Å². The largest absolute Gasteiger partial charge is 0.457 e. The van der Waals surface area contributed by atoms with Crippen LogP contribution in [0.5, 0.6) is 11.5 Å². The summed E-state index contributed by atoms with van der Waals surface area (Å²) in [6.07, 6.45) is 0.768. The molecule has 0 aromatic heterocycles. The highest BCUT2D eigenvalue weighted by atomic mass is 35.5. The zero-order valence-corrected chi connectivity index (χ0v) is 20.7. The van der Waals surface area contributed by atoms with Crippen molar-refractivity contribution in [1.82, 2.24) is 0 Å². The molecule has 0 saturated heterocycles. The van der Waals surface area contributed by atoms with E-state index in [1.54, 1.807) is 36.4 Å². The molecule has 4 rings (SSSR count). The highest BCUT2D eigenvalue weighted by Crippen LogP contribution is 2.60. The molecule has 178 valence electrons. The van der Waals surface area contributed by atoms with Crippen LogP contribution in [0, 0.1) is 34.4 Å². The highest BCUT2D eigenvalue weighted by Gasteiger charge is 2.62. The van der Waals surface area contributed by atoms with Crippen molar-refractivity contribution in [2.75, 3.05) is 0 Å². The van der Waals surface area contributed by atoms with Crippen LogP contribution >= 0.6 is 23.4 Å². The Morgan fingerprint density at radius 3 is 2.46 bits per heavy atom. The van der Waals surface area contributed by atoms with Gasteiger partial charge in [0.05, 0.1) is 10.3 Å². The van der Waals surface area contributed by atoms with E-state index in [1.807, 2.05) is 50.3 Å². The molecule has 1 fully saturated rings. The third-order valence-corrected chi connectivity index (χ3v) is 7.19. The van der Waals surface area contributed by atoms with Gasteiger partial charge in [0.1, 0.15) is 23.4 Å². The van der Waals surface area contributed by atoms with Gasteiger partial charge in [-0.15, -0.1) is 0 Å². The Kier molecular flexibility index (Phi) is 7.49. The van der Waals surface area contributed by atoms with Gasteiger partial charge in [0, 0.05) is 10.5 Å². The summed E-state index contributed by atoms with van der Waals surface area (Å²) in [5.74, 6) is -0.118. The van der Waals surface area contributed by atoms with Crippen LogP contribution in [0.4, 0.5) is 4.39 Å². The summed E-state index contributed by atoms with van der Waals surface area (Å²) in [7, 11) is 0. The van der Waals surface area contributed by atoms with Crippen molar-refractivity contribution < 1.29 is 18.7 Å². The SMILES string of the molecule is CC1(C)[C@H](C(=O)OC(C#N)c2cccc(Oc3ccccc3)c2)[C@@H]1C=C(Cl)Sc1ccc(F)cc1. The molecule has 35 heavy (non-hydrogen) atoms. The van der Waals surface area contributed by atoms with E-state index in [0.29, 0.717) is 21.4 Å². The molecule has 4 nitrogen and oxygen atoms in total. The van der Waals surface area contributed by atoms with Crippen molar-refractivity contribution in [1.29, 1.82) is 5.26 Å². The van der Waals surface area contributed by atoms with Gasteiger partial charge < -0.3 is 9.47 Å². The van der Waals surface area contributed by atoms with E-state index in [4.69, 9.17) is 21.1 Å². The van der Waals surface area contributed by atoms with Crippen molar-refractivity contribution in [3.63, 3.8) is 0 Å². The molecule has 0 amide bonds. The molecular weight excluding hydrogens is 485 g/mol. The first-order valence-electron chi connectivity index (χ1n) is 11.0. The molecule has 7 heteroatoms. The second-order valence-corrected chi connectivity index (χ2v) is 10.5. The fourth-order valence-corrected chi connectivity index (χ4v) is 5.07. The minimum atomic E-state index is -1.06. The fraction of sp³-hybridized carbons (Fsp3) is 0.214. The number of hydrogen-bond donors (Lipinski definition) is 0. The Morgan fingerprint density at radius 2 is 1.77 bits per heavy atom. The van der Waals surface area contributed by atoms with Crippen LogP contribution in [0.25, 0.3) is 0 Å². The molecule has 1 saturated carbocycles. The lowest BCUT2D eigenvalue weighted by molar-refractivity contribution is -0.149. The summed E-state index contributed by atoms with van der Waals surface area (Å²) >= 11 is 7.71. The molecular formula is C28H23ClFNO3S. The first-order valence-corrected chi connectivity index (χ1v) is 12.2. The van der Waals surface area contributed by atoms with Gasteiger partial charge in [0.2, 0.25) is 6.10 Å². The molecule has 3 aromatic carbocycles. The second kappa shape index (κ2) is 10.6. The number of rotatable bonds is 8. The van der Waals surface area contributed by atoms with Gasteiger partial charge in [0.15, 0.2) is 0 Å². The topological polar surface area (TPSA) is 59.3 Å². The summed E-state index contributed by atoms with van der Waals surface area (Å²) in [6.45, 7) is 3.92. The van der Waals surface area contributed by atoms with Crippen LogP contribution in [-0.4, -0.2) is 5.97 Å². The molecule has 3 aromatic rings. The number of nitrogens with zero attached hydrogens (tertiary/aromatic N) is 1. The van der Waals surface area contributed by atoms with E-state index in [9.17, 15) is 14.4 Å². The summed E-state index contributed by atoms with van der Waals surface area (Å²) in [5.41, 5.74) is 0.170. The predicted octanol–water partition coefficient (Wildman–Crippen LogP) is 7.87. The number of allylic oxidation sites excluding steroid dienone is 1. The van der Waals surface area contributed by atoms with Gasteiger partial charge in [-0.1, -0.05) is 73.6 Å². The summed E-state index contributed by atoms with van der Waals surface area (Å²) in [5, 5.41) is 9.71. The minimum absolute atomic E-state index is 0.137. The van der Waals surface area contributed by atoms with Crippen molar-refractivity contribution in [3.05, 3.63) is 101 Å². The Balaban J connectivity index is 1.42. The average Bonchev–Trinajstić information content (AvgIpc) is 3.38. The third-order valence-electron chi connectivity index (χ3n) is 6.00. The molecule has 1 aliphatic rings. The summed E-state index contributed by atoms with van der Waals surface area (Å²) in [6, 6.07) is 24.3. The Hall–Kier alpha value is -3.27. The second-order valence-electron chi connectivity index (χ2n) is 8.79. The minimum Gasteiger partial charge on any atom is -0.457 e. The van der Waals surface area contributed by atoms with Crippen LogP contribution in [0.15, 0.2) is 94.2 Å². The third kappa shape index (κ3) is 6.05. The van der Waals surface area contributed by atoms with Gasteiger partial charge in [-0.2, -0.15) is 5.26 Å². The maximum Gasteiger partial charge on any atom is 0.311 e. The van der Waals surface area contributed by atoms with Gasteiger partial charge in [-0.05, 0) is 59.9 Å². The lowest BCUT2D eigenvalue weighted by Gasteiger charge is -2.13. The van der Waals surface area contributed by atoms with E-state index >= 15 is 0 Å². The van der Waals surface area contributed by atoms with Crippen molar-refractivity contribution in [2.24, 2.45) is 17.3 Å². The maximum absolute atomic E-state index is 13.1. The number of carbonyl (C=O) groups is 1. The lowest BCUT2D eigenvalue weighted by Crippen LogP contribution is -2.14. The Morgan fingerprint density at radius 1 is 1.09 bits per heavy atom. The summed E-state index contributed by atoms with van der Waals surface area (Å²) < 4.78 is 25.1. The molecule has 0 radical (unpaired) electrons. The Labute approximate surface area is 213 Å². The summed E-state index contributed by atoms with van der Waals surface area (Å²) in [4.78, 5) is 13.8. The Bertz CT molecular complexity index is 1270. The number of carbonyl (C=O) groups excluding carboxylic acids is 1. The number of ether oxygens (including phenoxy) is 2. The van der Waals surface area contributed by atoms with Crippen LogP contribution in [0.2, 0.25) is 0 Å². The number of thioether (sulfide) groups is 1. The number of hydrogen-bond acceptors (Lipinski definition) is 5. The van der Waals surface area contributed by atoms with Gasteiger partial charge in [-0.3, -0.25) is 4.79 Å². The van der Waals surface area contributed by atoms with E-state index < -0.39 is 18.0 Å². The number of para-hydroxylation sites is 1. The zero-order valence-electron chi connectivity index (χ0n) is 19.2. The molecule has 3 atom stereocenters. The predicted molar refractivity (Wildman–Crippen MR) is 134 cm³/mol. The molecule has 0 heterocycles. The molecule has 1 aliphatic carbocycles. The molecule has 0 spiro atoms. The lowest BCUT2D eigenvalue weighted by atomic mass is 10.1. The van der Waals surface area contributed by atoms with E-state index in [-0.39, 0.29) is 17.2 Å². The fourth-order valence-electron chi connectivity index (χ4n) is 3.95. The monoisotopic (exact) mass is 507 g/mol. The van der Waals surface area contributed by atoms with Crippen molar-refractivity contribution >= 4 is 29.3 Å². The van der Waals surface area contributed by atoms with Gasteiger partial charge >= 0.3 is 5.97 Å². The van der Waals surface area contributed by atoms with E-state index in [2.05, 4.69) is 6.07 Å². The number of halogens is 2. The van der Waals surface area contributed by atoms with E-state index in [1.165, 1.54) is 23.9 Å². The molecule has 0 N–H and O–H groups in total. The van der Waals surface area contributed by atoms with Crippen LogP contribution < -0.4 is 4.74 Å². The maximum atomic E-state index is 13.1. The molecule has 0 aliphatic heterocycles. The quantitative estimate of drug-likeness (QED) is 0.229. The van der Waals surface area contributed by atoms with Crippen molar-refractivity contribution in [2.45, 2.75) is 24.8 Å². The van der Waals surface area contributed by atoms with Crippen LogP contribution in [0.3, 0.4) is 0 Å². The van der Waals surface area contributed by atoms with E-state index in [0.717, 1.165) is 4.90 Å². The average molecular weight is 508 g/mol. The van der Waals surface area contributed by atoms with Gasteiger partial charge in [-0.25, -0.2) is 4.39 Å². The number of nitriles is 1. The standard InChI is InChI=1S/C28H23ClFNO3S/c1-28(2)23(16-25(29)35-22-13-11-19(30)12-14-22)26(28)27(32)34-24(17-31)18-7-6-10-21(15-18)33-20-8-4-3-5-9-20/h3-16,23-24,26H,1-2H3/t23-,24?,26-/m0/s1. The molecule has 0 bridgehead atoms. The van der Waals surface area contributed by atoms with Crippen LogP contribution in [0.1, 0.15) is 25.5 Å². The first-order chi connectivity index (χ1) is 16.8. The highest BCUT2D eigenvalue weighted by molar-refractivity contribution is 8.04. The number of benzene rings is 3. The van der Waals surface area contributed by atoms with Crippen molar-refractivity contribution in [3.8, 4) is 17.6 Å². The van der Waals surface area contributed by atoms with Crippen LogP contribution in [-0.2, 0) is 9.53 Å². The number of esters is 1.